The second kappa shape index (κ2) is 5.13. The quantitative estimate of drug-likeness (QED) is 0.464. The van der Waals surface area contributed by atoms with Gasteiger partial charge in [0.25, 0.3) is 0 Å². The average Bonchev–Trinajstić information content (AvgIpc) is 2.85. The van der Waals surface area contributed by atoms with E-state index < -0.39 is 5.91 Å². The average molecular weight is 233 g/mol. The van der Waals surface area contributed by atoms with Crippen LogP contribution in [0.25, 0.3) is 0 Å². The van der Waals surface area contributed by atoms with Crippen LogP contribution in [-0.4, -0.2) is 10.9 Å². The second-order valence-corrected chi connectivity index (χ2v) is 3.22. The van der Waals surface area contributed by atoms with Gasteiger partial charge in [-0.1, -0.05) is 0 Å². The summed E-state index contributed by atoms with van der Waals surface area (Å²) in [7, 11) is 0. The van der Waals surface area contributed by atoms with E-state index in [2.05, 4.69) is 4.98 Å². The third-order valence-electron chi connectivity index (χ3n) is 2.03. The minimum absolute atomic E-state index is 0.150. The Labute approximate surface area is 97.4 Å². The lowest BCUT2D eigenvalue weighted by Crippen LogP contribution is -2.29. The predicted octanol–water partition coefficient (Wildman–Crippen LogP) is 0.857. The number of carbonyl (C=O) groups excluding carboxylic acids is 1. The third kappa shape index (κ3) is 2.82. The fraction of sp³-hybridized carbons (Fsp3) is 0.0909. The molecule has 2 heterocycles. The van der Waals surface area contributed by atoms with Gasteiger partial charge in [0.15, 0.2) is 5.76 Å². The second-order valence-electron chi connectivity index (χ2n) is 3.22. The minimum atomic E-state index is -0.474. The lowest BCUT2D eigenvalue weighted by atomic mass is 10.4. The van der Waals surface area contributed by atoms with Crippen molar-refractivity contribution in [2.24, 2.45) is 5.84 Å². The van der Waals surface area contributed by atoms with E-state index in [0.717, 1.165) is 0 Å². The molecule has 6 heteroatoms. The molecule has 0 spiro atoms. The Morgan fingerprint density at radius 2 is 2.35 bits per heavy atom. The number of nitrogens with zero attached hydrogens (tertiary/aromatic N) is 1. The third-order valence-corrected chi connectivity index (χ3v) is 2.03. The lowest BCUT2D eigenvalue weighted by Gasteiger charge is -2.02. The zero-order chi connectivity index (χ0) is 12.1. The standard InChI is InChI=1S/C11H11N3O3/c12-14-11(15)10-4-3-9(17-10)7-16-8-2-1-5-13-6-8/h1-6H,7,12H2,(H,14,15). The largest absolute Gasteiger partial charge is 0.484 e. The highest BCUT2D eigenvalue weighted by molar-refractivity contribution is 5.90. The van der Waals surface area contributed by atoms with Gasteiger partial charge in [-0.3, -0.25) is 15.2 Å². The van der Waals surface area contributed by atoms with Gasteiger partial charge in [-0.2, -0.15) is 0 Å². The van der Waals surface area contributed by atoms with Crippen LogP contribution < -0.4 is 16.0 Å². The first kappa shape index (κ1) is 11.2. The first-order valence-corrected chi connectivity index (χ1v) is 4.92. The van der Waals surface area contributed by atoms with Crippen molar-refractivity contribution in [3.63, 3.8) is 0 Å². The van der Waals surface area contributed by atoms with Crippen molar-refractivity contribution in [2.75, 3.05) is 0 Å². The van der Waals surface area contributed by atoms with Crippen LogP contribution in [0.2, 0.25) is 0 Å². The van der Waals surface area contributed by atoms with Crippen LogP contribution in [0.1, 0.15) is 16.3 Å². The van der Waals surface area contributed by atoms with Gasteiger partial charge in [0, 0.05) is 6.20 Å². The zero-order valence-corrected chi connectivity index (χ0v) is 8.92. The summed E-state index contributed by atoms with van der Waals surface area (Å²) in [4.78, 5) is 15.0. The number of aromatic nitrogens is 1. The zero-order valence-electron chi connectivity index (χ0n) is 8.92. The number of nitrogen functional groups attached to an aromatic ring is 1. The summed E-state index contributed by atoms with van der Waals surface area (Å²) in [5, 5.41) is 0. The molecule has 2 rings (SSSR count). The van der Waals surface area contributed by atoms with E-state index in [1.807, 2.05) is 5.43 Å². The maximum absolute atomic E-state index is 11.1. The number of pyridine rings is 1. The molecule has 3 N–H and O–H groups in total. The van der Waals surface area contributed by atoms with E-state index in [-0.39, 0.29) is 12.4 Å². The van der Waals surface area contributed by atoms with Gasteiger partial charge in [0.2, 0.25) is 0 Å². The van der Waals surface area contributed by atoms with Crippen LogP contribution in [0.15, 0.2) is 41.1 Å². The molecule has 0 aromatic carbocycles. The Kier molecular flexibility index (Phi) is 3.37. The van der Waals surface area contributed by atoms with Crippen LogP contribution >= 0.6 is 0 Å². The van der Waals surface area contributed by atoms with Gasteiger partial charge in [0.1, 0.15) is 18.1 Å². The molecule has 88 valence electrons. The molecule has 0 unspecified atom stereocenters. The Morgan fingerprint density at radius 1 is 1.47 bits per heavy atom. The van der Waals surface area contributed by atoms with Gasteiger partial charge in [-0.25, -0.2) is 5.84 Å². The fourth-order valence-corrected chi connectivity index (χ4v) is 1.24. The Bertz CT molecular complexity index is 496. The van der Waals surface area contributed by atoms with E-state index >= 15 is 0 Å². The van der Waals surface area contributed by atoms with Gasteiger partial charge < -0.3 is 9.15 Å². The van der Waals surface area contributed by atoms with Crippen LogP contribution in [0.3, 0.4) is 0 Å². The number of amides is 1. The summed E-state index contributed by atoms with van der Waals surface area (Å²) >= 11 is 0. The summed E-state index contributed by atoms with van der Waals surface area (Å²) in [5.41, 5.74) is 1.98. The first-order valence-electron chi connectivity index (χ1n) is 4.92. The van der Waals surface area contributed by atoms with E-state index in [1.165, 1.54) is 6.07 Å². The molecule has 0 aliphatic heterocycles. The molecule has 6 nitrogen and oxygen atoms in total. The van der Waals surface area contributed by atoms with Crippen molar-refractivity contribution in [1.82, 2.24) is 10.4 Å². The Hall–Kier alpha value is -2.34. The number of hydrazine groups is 1. The van der Waals surface area contributed by atoms with E-state index in [0.29, 0.717) is 11.5 Å². The highest BCUT2D eigenvalue weighted by atomic mass is 16.5. The SMILES string of the molecule is NNC(=O)c1ccc(COc2cccnc2)o1. The number of rotatable bonds is 4. The van der Waals surface area contributed by atoms with Crippen LogP contribution in [0.5, 0.6) is 5.75 Å². The van der Waals surface area contributed by atoms with Crippen molar-refractivity contribution in [2.45, 2.75) is 6.61 Å². The van der Waals surface area contributed by atoms with Crippen LogP contribution in [-0.2, 0) is 6.61 Å². The molecule has 0 saturated carbocycles. The molecule has 2 aromatic rings. The highest BCUT2D eigenvalue weighted by Gasteiger charge is 2.09. The van der Waals surface area contributed by atoms with E-state index in [9.17, 15) is 4.79 Å². The lowest BCUT2D eigenvalue weighted by molar-refractivity contribution is 0.0922. The molecule has 0 radical (unpaired) electrons. The Morgan fingerprint density at radius 3 is 3.06 bits per heavy atom. The molecule has 0 aliphatic carbocycles. The molecule has 0 atom stereocenters. The van der Waals surface area contributed by atoms with Crippen molar-refractivity contribution in [1.29, 1.82) is 0 Å². The number of hydrogen-bond donors (Lipinski definition) is 2. The molecule has 17 heavy (non-hydrogen) atoms. The first-order chi connectivity index (χ1) is 8.29. The smallest absolute Gasteiger partial charge is 0.300 e. The molecule has 0 fully saturated rings. The summed E-state index contributed by atoms with van der Waals surface area (Å²) in [6.07, 6.45) is 3.25. The van der Waals surface area contributed by atoms with Crippen LogP contribution in [0, 0.1) is 0 Å². The maximum Gasteiger partial charge on any atom is 0.300 e. The van der Waals surface area contributed by atoms with Crippen molar-refractivity contribution in [3.05, 3.63) is 48.2 Å². The predicted molar refractivity (Wildman–Crippen MR) is 58.9 cm³/mol. The van der Waals surface area contributed by atoms with Gasteiger partial charge in [0.05, 0.1) is 6.20 Å². The molecular formula is C11H11N3O3. The van der Waals surface area contributed by atoms with Gasteiger partial charge >= 0.3 is 5.91 Å². The van der Waals surface area contributed by atoms with E-state index in [4.69, 9.17) is 15.0 Å². The summed E-state index contributed by atoms with van der Waals surface area (Å²) in [5.74, 6) is 5.82. The summed E-state index contributed by atoms with van der Waals surface area (Å²) < 4.78 is 10.6. The monoisotopic (exact) mass is 233 g/mol. The minimum Gasteiger partial charge on any atom is -0.484 e. The van der Waals surface area contributed by atoms with Crippen molar-refractivity contribution in [3.8, 4) is 5.75 Å². The summed E-state index contributed by atoms with van der Waals surface area (Å²) in [6.45, 7) is 0.226. The van der Waals surface area contributed by atoms with E-state index in [1.54, 1.807) is 30.6 Å². The molecule has 0 saturated heterocycles. The number of nitrogens with one attached hydrogen (secondary N) is 1. The topological polar surface area (TPSA) is 90.4 Å². The molecule has 2 aromatic heterocycles. The number of hydrogen-bond acceptors (Lipinski definition) is 5. The van der Waals surface area contributed by atoms with Gasteiger partial charge in [-0.15, -0.1) is 0 Å². The number of carbonyl (C=O) groups is 1. The fourth-order valence-electron chi connectivity index (χ4n) is 1.24. The molecular weight excluding hydrogens is 222 g/mol. The molecule has 0 aliphatic rings. The van der Waals surface area contributed by atoms with Crippen molar-refractivity contribution >= 4 is 5.91 Å². The van der Waals surface area contributed by atoms with Crippen molar-refractivity contribution < 1.29 is 13.9 Å². The highest BCUT2D eigenvalue weighted by Crippen LogP contribution is 2.12. The Balaban J connectivity index is 1.96. The van der Waals surface area contributed by atoms with Gasteiger partial charge in [-0.05, 0) is 24.3 Å². The molecule has 0 bridgehead atoms. The van der Waals surface area contributed by atoms with Crippen LogP contribution in [0.4, 0.5) is 0 Å². The number of furan rings is 1. The summed E-state index contributed by atoms with van der Waals surface area (Å²) in [6, 6.07) is 6.74. The number of ether oxygens (including phenoxy) is 1. The molecule has 1 amide bonds. The normalized spacial score (nSPS) is 9.94. The maximum atomic E-state index is 11.1. The number of nitrogens with two attached hydrogens (primary N) is 1.